The summed E-state index contributed by atoms with van der Waals surface area (Å²) in [6.45, 7) is 2.25. The highest BCUT2D eigenvalue weighted by molar-refractivity contribution is 5.29. The van der Waals surface area contributed by atoms with Crippen molar-refractivity contribution >= 4 is 5.95 Å². The molecule has 4 heteroatoms. The molecular formula is C13H22N4. The van der Waals surface area contributed by atoms with E-state index >= 15 is 0 Å². The molecule has 1 aliphatic carbocycles. The molecule has 1 saturated heterocycles. The molecule has 4 nitrogen and oxygen atoms in total. The van der Waals surface area contributed by atoms with Crippen molar-refractivity contribution in [3.05, 3.63) is 5.82 Å². The third-order valence-corrected chi connectivity index (χ3v) is 4.12. The van der Waals surface area contributed by atoms with Gasteiger partial charge in [-0.15, -0.1) is 5.10 Å². The molecule has 3 rings (SSSR count). The van der Waals surface area contributed by atoms with Crippen molar-refractivity contribution in [2.45, 2.75) is 51.4 Å². The van der Waals surface area contributed by atoms with Crippen LogP contribution in [0.5, 0.6) is 0 Å². The monoisotopic (exact) mass is 234 g/mol. The number of aromatic amines is 1. The standard InChI is InChI=1S/C13H22N4/c1-2-6-11(7-3-1)10-12-14-13(16-15-12)17-8-4-5-9-17/h11H,1-10H2,(H,14,15,16). The molecule has 94 valence electrons. The molecule has 2 heterocycles. The van der Waals surface area contributed by atoms with Gasteiger partial charge in [-0.2, -0.15) is 4.98 Å². The molecule has 2 aliphatic rings. The summed E-state index contributed by atoms with van der Waals surface area (Å²) < 4.78 is 0. The van der Waals surface area contributed by atoms with E-state index in [4.69, 9.17) is 0 Å². The van der Waals surface area contributed by atoms with E-state index in [0.717, 1.165) is 37.2 Å². The fourth-order valence-corrected chi connectivity index (χ4v) is 3.10. The molecule has 0 radical (unpaired) electrons. The van der Waals surface area contributed by atoms with E-state index in [1.165, 1.54) is 44.9 Å². The molecule has 0 spiro atoms. The molecule has 0 aromatic carbocycles. The molecule has 0 bridgehead atoms. The van der Waals surface area contributed by atoms with E-state index in [1.54, 1.807) is 0 Å². The van der Waals surface area contributed by atoms with Gasteiger partial charge < -0.3 is 4.90 Å². The zero-order chi connectivity index (χ0) is 11.5. The van der Waals surface area contributed by atoms with Gasteiger partial charge in [-0.25, -0.2) is 0 Å². The summed E-state index contributed by atoms with van der Waals surface area (Å²) in [5.74, 6) is 2.86. The van der Waals surface area contributed by atoms with E-state index in [-0.39, 0.29) is 0 Å². The molecule has 17 heavy (non-hydrogen) atoms. The fourth-order valence-electron chi connectivity index (χ4n) is 3.10. The van der Waals surface area contributed by atoms with Crippen LogP contribution in [0.15, 0.2) is 0 Å². The summed E-state index contributed by atoms with van der Waals surface area (Å²) in [6, 6.07) is 0. The second-order valence-corrected chi connectivity index (χ2v) is 5.48. The topological polar surface area (TPSA) is 44.8 Å². The average molecular weight is 234 g/mol. The lowest BCUT2D eigenvalue weighted by Gasteiger charge is -2.20. The Kier molecular flexibility index (Phi) is 3.29. The van der Waals surface area contributed by atoms with Crippen molar-refractivity contribution in [2.24, 2.45) is 5.92 Å². The van der Waals surface area contributed by atoms with Crippen LogP contribution in [0.1, 0.15) is 50.8 Å². The van der Waals surface area contributed by atoms with Crippen LogP contribution in [0.3, 0.4) is 0 Å². The minimum absolute atomic E-state index is 0.836. The number of hydrogen-bond acceptors (Lipinski definition) is 3. The first-order chi connectivity index (χ1) is 8.42. The first-order valence-corrected chi connectivity index (χ1v) is 7.08. The molecule has 0 atom stereocenters. The van der Waals surface area contributed by atoms with Crippen LogP contribution in [0, 0.1) is 5.92 Å². The van der Waals surface area contributed by atoms with Gasteiger partial charge in [0.15, 0.2) is 0 Å². The Labute approximate surface area is 103 Å². The van der Waals surface area contributed by atoms with Gasteiger partial charge in [0.05, 0.1) is 0 Å². The molecule has 1 N–H and O–H groups in total. The minimum Gasteiger partial charge on any atom is -0.340 e. The van der Waals surface area contributed by atoms with Gasteiger partial charge in [0, 0.05) is 19.5 Å². The second kappa shape index (κ2) is 5.07. The zero-order valence-electron chi connectivity index (χ0n) is 10.5. The van der Waals surface area contributed by atoms with E-state index < -0.39 is 0 Å². The van der Waals surface area contributed by atoms with Gasteiger partial charge >= 0.3 is 0 Å². The average Bonchev–Trinajstić information content (AvgIpc) is 3.00. The molecule has 0 amide bonds. The Hall–Kier alpha value is -1.06. The van der Waals surface area contributed by atoms with Gasteiger partial charge in [0.2, 0.25) is 5.95 Å². The van der Waals surface area contributed by atoms with Gasteiger partial charge in [-0.1, -0.05) is 32.1 Å². The number of nitrogens with one attached hydrogen (secondary N) is 1. The second-order valence-electron chi connectivity index (χ2n) is 5.48. The number of hydrogen-bond donors (Lipinski definition) is 1. The highest BCUT2D eigenvalue weighted by Crippen LogP contribution is 2.26. The SMILES string of the molecule is C1CCC(Cc2nc(N3CCCC3)n[nH]2)CC1. The summed E-state index contributed by atoms with van der Waals surface area (Å²) in [7, 11) is 0. The van der Waals surface area contributed by atoms with E-state index in [2.05, 4.69) is 20.1 Å². The van der Waals surface area contributed by atoms with Crippen molar-refractivity contribution in [1.82, 2.24) is 15.2 Å². The van der Waals surface area contributed by atoms with Crippen molar-refractivity contribution in [3.63, 3.8) is 0 Å². The number of H-pyrrole nitrogens is 1. The van der Waals surface area contributed by atoms with E-state index in [1.807, 2.05) is 0 Å². The van der Waals surface area contributed by atoms with Crippen molar-refractivity contribution in [2.75, 3.05) is 18.0 Å². The van der Waals surface area contributed by atoms with Crippen LogP contribution in [0.25, 0.3) is 0 Å². The Balaban J connectivity index is 1.59. The molecule has 1 aromatic heterocycles. The normalized spacial score (nSPS) is 22.2. The summed E-state index contributed by atoms with van der Waals surface area (Å²) in [6.07, 6.45) is 10.6. The third-order valence-electron chi connectivity index (χ3n) is 4.12. The summed E-state index contributed by atoms with van der Waals surface area (Å²) >= 11 is 0. The Morgan fingerprint density at radius 2 is 1.82 bits per heavy atom. The van der Waals surface area contributed by atoms with Crippen LogP contribution < -0.4 is 4.90 Å². The highest BCUT2D eigenvalue weighted by atomic mass is 15.4. The maximum absolute atomic E-state index is 4.65. The van der Waals surface area contributed by atoms with E-state index in [9.17, 15) is 0 Å². The molecule has 1 aliphatic heterocycles. The van der Waals surface area contributed by atoms with Crippen molar-refractivity contribution in [1.29, 1.82) is 0 Å². The number of anilines is 1. The quantitative estimate of drug-likeness (QED) is 0.874. The van der Waals surface area contributed by atoms with E-state index in [0.29, 0.717) is 0 Å². The number of aromatic nitrogens is 3. The predicted molar refractivity (Wildman–Crippen MR) is 68.1 cm³/mol. The van der Waals surface area contributed by atoms with Gasteiger partial charge in [0.1, 0.15) is 5.82 Å². The number of rotatable bonds is 3. The predicted octanol–water partition coefficient (Wildman–Crippen LogP) is 2.53. The summed E-state index contributed by atoms with van der Waals surface area (Å²) in [4.78, 5) is 6.94. The highest BCUT2D eigenvalue weighted by Gasteiger charge is 2.19. The lowest BCUT2D eigenvalue weighted by Crippen LogP contribution is -2.19. The van der Waals surface area contributed by atoms with Crippen LogP contribution in [0.2, 0.25) is 0 Å². The first kappa shape index (κ1) is 11.1. The minimum atomic E-state index is 0.836. The largest absolute Gasteiger partial charge is 0.340 e. The Morgan fingerprint density at radius 1 is 1.06 bits per heavy atom. The maximum atomic E-state index is 4.65. The molecular weight excluding hydrogens is 212 g/mol. The lowest BCUT2D eigenvalue weighted by molar-refractivity contribution is 0.352. The van der Waals surface area contributed by atoms with Crippen LogP contribution in [-0.4, -0.2) is 28.3 Å². The van der Waals surface area contributed by atoms with Crippen LogP contribution >= 0.6 is 0 Å². The molecule has 1 aromatic rings. The zero-order valence-corrected chi connectivity index (χ0v) is 10.5. The van der Waals surface area contributed by atoms with Crippen molar-refractivity contribution < 1.29 is 0 Å². The van der Waals surface area contributed by atoms with Crippen molar-refractivity contribution in [3.8, 4) is 0 Å². The molecule has 0 unspecified atom stereocenters. The Bertz CT molecular complexity index is 348. The first-order valence-electron chi connectivity index (χ1n) is 7.08. The molecule has 1 saturated carbocycles. The van der Waals surface area contributed by atoms with Crippen LogP contribution in [-0.2, 0) is 6.42 Å². The maximum Gasteiger partial charge on any atom is 0.244 e. The fraction of sp³-hybridized carbons (Fsp3) is 0.846. The summed E-state index contributed by atoms with van der Waals surface area (Å²) in [5, 5.41) is 7.48. The molecule has 2 fully saturated rings. The van der Waals surface area contributed by atoms with Crippen LogP contribution in [0.4, 0.5) is 5.95 Å². The van der Waals surface area contributed by atoms with Gasteiger partial charge in [0.25, 0.3) is 0 Å². The Morgan fingerprint density at radius 3 is 2.59 bits per heavy atom. The number of nitrogens with zero attached hydrogens (tertiary/aromatic N) is 3. The van der Waals surface area contributed by atoms with Gasteiger partial charge in [-0.3, -0.25) is 5.10 Å². The lowest BCUT2D eigenvalue weighted by atomic mass is 9.87. The third kappa shape index (κ3) is 2.61. The summed E-state index contributed by atoms with van der Waals surface area (Å²) in [5.41, 5.74) is 0. The van der Waals surface area contributed by atoms with Gasteiger partial charge in [-0.05, 0) is 18.8 Å². The smallest absolute Gasteiger partial charge is 0.244 e.